The molecule has 2 aromatic rings. The quantitative estimate of drug-likeness (QED) is 0.924. The van der Waals surface area contributed by atoms with E-state index in [-0.39, 0.29) is 6.10 Å². The second-order valence-corrected chi connectivity index (χ2v) is 5.85. The van der Waals surface area contributed by atoms with Crippen LogP contribution in [0.25, 0.3) is 0 Å². The number of aromatic nitrogens is 3. The van der Waals surface area contributed by atoms with Gasteiger partial charge in [-0.05, 0) is 24.6 Å². The molecule has 1 N–H and O–H groups in total. The Morgan fingerprint density at radius 1 is 1.22 bits per heavy atom. The van der Waals surface area contributed by atoms with Crippen molar-refractivity contribution in [3.63, 3.8) is 0 Å². The molecule has 4 rings (SSSR count). The zero-order valence-corrected chi connectivity index (χ0v) is 13.1. The van der Waals surface area contributed by atoms with Crippen LogP contribution < -0.4 is 9.47 Å². The summed E-state index contributed by atoms with van der Waals surface area (Å²) in [6.45, 7) is 6.34. The molecule has 1 saturated heterocycles. The molecule has 0 saturated carbocycles. The van der Waals surface area contributed by atoms with Gasteiger partial charge in [-0.25, -0.2) is 4.98 Å². The standard InChI is InChI=1S/C16H20N4O3/c1-11-17-16(19-18-11)15-10-20(4-5-21-15)9-12-2-3-13-14(8-12)23-7-6-22-13/h2-3,8,15H,4-7,9-10H2,1H3,(H,17,18,19)/t15-/m1/s1. The summed E-state index contributed by atoms with van der Waals surface area (Å²) in [5.41, 5.74) is 1.21. The van der Waals surface area contributed by atoms with E-state index in [0.717, 1.165) is 42.8 Å². The Morgan fingerprint density at radius 3 is 2.91 bits per heavy atom. The lowest BCUT2D eigenvalue weighted by Gasteiger charge is -2.31. The van der Waals surface area contributed by atoms with Gasteiger partial charge in [0.05, 0.1) is 6.61 Å². The number of hydrogen-bond acceptors (Lipinski definition) is 6. The lowest BCUT2D eigenvalue weighted by molar-refractivity contribution is -0.0371. The van der Waals surface area contributed by atoms with Crippen LogP contribution in [0, 0.1) is 6.92 Å². The SMILES string of the molecule is Cc1nc([C@H]2CN(Cc3ccc4c(c3)OCCO4)CCO2)n[nH]1. The first-order valence-corrected chi connectivity index (χ1v) is 7.89. The fourth-order valence-electron chi connectivity index (χ4n) is 2.95. The Labute approximate surface area is 134 Å². The van der Waals surface area contributed by atoms with Crippen molar-refractivity contribution >= 4 is 0 Å². The normalized spacial score (nSPS) is 21.3. The molecular weight excluding hydrogens is 296 g/mol. The van der Waals surface area contributed by atoms with E-state index in [1.54, 1.807) is 0 Å². The molecule has 2 aliphatic heterocycles. The van der Waals surface area contributed by atoms with Crippen molar-refractivity contribution in [2.75, 3.05) is 32.9 Å². The summed E-state index contributed by atoms with van der Waals surface area (Å²) in [4.78, 5) is 6.73. The smallest absolute Gasteiger partial charge is 0.180 e. The molecular formula is C16H20N4O3. The largest absolute Gasteiger partial charge is 0.486 e. The third-order valence-electron chi connectivity index (χ3n) is 4.07. The molecule has 122 valence electrons. The number of hydrogen-bond donors (Lipinski definition) is 1. The van der Waals surface area contributed by atoms with Gasteiger partial charge in [0.1, 0.15) is 25.1 Å². The van der Waals surface area contributed by atoms with Crippen LogP contribution in [0.1, 0.15) is 23.3 Å². The number of nitrogens with one attached hydrogen (secondary N) is 1. The maximum Gasteiger partial charge on any atom is 0.180 e. The molecule has 0 spiro atoms. The van der Waals surface area contributed by atoms with E-state index in [1.165, 1.54) is 5.56 Å². The Balaban J connectivity index is 1.44. The zero-order valence-electron chi connectivity index (χ0n) is 13.1. The highest BCUT2D eigenvalue weighted by molar-refractivity contribution is 5.43. The number of nitrogens with zero attached hydrogens (tertiary/aromatic N) is 3. The molecule has 0 radical (unpaired) electrons. The molecule has 3 heterocycles. The van der Waals surface area contributed by atoms with Crippen LogP contribution in [0.5, 0.6) is 11.5 Å². The average Bonchev–Trinajstić information content (AvgIpc) is 3.02. The van der Waals surface area contributed by atoms with Crippen molar-refractivity contribution in [1.29, 1.82) is 0 Å². The lowest BCUT2D eigenvalue weighted by Crippen LogP contribution is -2.38. The van der Waals surface area contributed by atoms with Gasteiger partial charge in [-0.15, -0.1) is 0 Å². The van der Waals surface area contributed by atoms with Crippen LogP contribution in [-0.4, -0.2) is 53.0 Å². The summed E-state index contributed by atoms with van der Waals surface area (Å²) in [5, 5.41) is 7.09. The van der Waals surface area contributed by atoms with Crippen molar-refractivity contribution < 1.29 is 14.2 Å². The Morgan fingerprint density at radius 2 is 2.09 bits per heavy atom. The van der Waals surface area contributed by atoms with Crippen molar-refractivity contribution in [1.82, 2.24) is 20.1 Å². The summed E-state index contributed by atoms with van der Waals surface area (Å²) in [6.07, 6.45) is -0.0779. The van der Waals surface area contributed by atoms with E-state index in [2.05, 4.69) is 32.2 Å². The minimum Gasteiger partial charge on any atom is -0.486 e. The molecule has 1 fully saturated rings. The van der Waals surface area contributed by atoms with Crippen LogP contribution in [-0.2, 0) is 11.3 Å². The number of H-pyrrole nitrogens is 1. The topological polar surface area (TPSA) is 72.5 Å². The summed E-state index contributed by atoms with van der Waals surface area (Å²) < 4.78 is 17.0. The Kier molecular flexibility index (Phi) is 3.88. The van der Waals surface area contributed by atoms with Gasteiger partial charge in [0, 0.05) is 19.6 Å². The number of fused-ring (bicyclic) bond motifs is 1. The maximum atomic E-state index is 5.80. The summed E-state index contributed by atoms with van der Waals surface area (Å²) in [5.74, 6) is 3.21. The molecule has 0 bridgehead atoms. The van der Waals surface area contributed by atoms with Crippen molar-refractivity contribution in [3.05, 3.63) is 35.4 Å². The van der Waals surface area contributed by atoms with Crippen LogP contribution in [0.2, 0.25) is 0 Å². The monoisotopic (exact) mass is 316 g/mol. The first-order valence-electron chi connectivity index (χ1n) is 7.89. The Hall–Kier alpha value is -2.12. The molecule has 1 aromatic carbocycles. The molecule has 1 atom stereocenters. The predicted octanol–water partition coefficient (Wildman–Crippen LogP) is 1.46. The van der Waals surface area contributed by atoms with Gasteiger partial charge in [-0.2, -0.15) is 5.10 Å². The van der Waals surface area contributed by atoms with Crippen LogP contribution in [0.3, 0.4) is 0 Å². The summed E-state index contributed by atoms with van der Waals surface area (Å²) in [6, 6.07) is 6.14. The number of rotatable bonds is 3. The van der Waals surface area contributed by atoms with Crippen LogP contribution in [0.15, 0.2) is 18.2 Å². The zero-order chi connectivity index (χ0) is 15.6. The molecule has 0 amide bonds. The Bertz CT molecular complexity index is 688. The van der Waals surface area contributed by atoms with Gasteiger partial charge in [-0.3, -0.25) is 10.00 Å². The minimum atomic E-state index is -0.0779. The van der Waals surface area contributed by atoms with Crippen LogP contribution in [0.4, 0.5) is 0 Å². The van der Waals surface area contributed by atoms with Gasteiger partial charge in [-0.1, -0.05) is 6.07 Å². The van der Waals surface area contributed by atoms with E-state index in [4.69, 9.17) is 14.2 Å². The molecule has 1 aromatic heterocycles. The minimum absolute atomic E-state index is 0.0779. The molecule has 7 heteroatoms. The number of benzene rings is 1. The van der Waals surface area contributed by atoms with Crippen molar-refractivity contribution in [3.8, 4) is 11.5 Å². The number of morpholine rings is 1. The molecule has 23 heavy (non-hydrogen) atoms. The molecule has 7 nitrogen and oxygen atoms in total. The number of ether oxygens (including phenoxy) is 3. The van der Waals surface area contributed by atoms with E-state index >= 15 is 0 Å². The second-order valence-electron chi connectivity index (χ2n) is 5.85. The molecule has 2 aliphatic rings. The lowest BCUT2D eigenvalue weighted by atomic mass is 10.1. The highest BCUT2D eigenvalue weighted by Crippen LogP contribution is 2.31. The van der Waals surface area contributed by atoms with Gasteiger partial charge >= 0.3 is 0 Å². The first kappa shape index (κ1) is 14.5. The number of aryl methyl sites for hydroxylation is 1. The van der Waals surface area contributed by atoms with Gasteiger partial charge in [0.25, 0.3) is 0 Å². The van der Waals surface area contributed by atoms with Crippen molar-refractivity contribution in [2.24, 2.45) is 0 Å². The summed E-state index contributed by atoms with van der Waals surface area (Å²) >= 11 is 0. The molecule has 0 unspecified atom stereocenters. The summed E-state index contributed by atoms with van der Waals surface area (Å²) in [7, 11) is 0. The highest BCUT2D eigenvalue weighted by Gasteiger charge is 2.25. The van der Waals surface area contributed by atoms with E-state index < -0.39 is 0 Å². The fraction of sp³-hybridized carbons (Fsp3) is 0.500. The van der Waals surface area contributed by atoms with Gasteiger partial charge < -0.3 is 14.2 Å². The van der Waals surface area contributed by atoms with Gasteiger partial charge in [0.15, 0.2) is 17.3 Å². The highest BCUT2D eigenvalue weighted by atomic mass is 16.6. The van der Waals surface area contributed by atoms with E-state index in [0.29, 0.717) is 19.8 Å². The van der Waals surface area contributed by atoms with Gasteiger partial charge in [0.2, 0.25) is 0 Å². The van der Waals surface area contributed by atoms with Crippen molar-refractivity contribution in [2.45, 2.75) is 19.6 Å². The second kappa shape index (κ2) is 6.17. The van der Waals surface area contributed by atoms with E-state index in [9.17, 15) is 0 Å². The predicted molar refractivity (Wildman–Crippen MR) is 82.5 cm³/mol. The molecule has 0 aliphatic carbocycles. The third kappa shape index (κ3) is 3.16. The number of aromatic amines is 1. The third-order valence-corrected chi connectivity index (χ3v) is 4.07. The fourth-order valence-corrected chi connectivity index (χ4v) is 2.95. The first-order chi connectivity index (χ1) is 11.3. The van der Waals surface area contributed by atoms with Crippen LogP contribution >= 0.6 is 0 Å². The van der Waals surface area contributed by atoms with E-state index in [1.807, 2.05) is 13.0 Å². The average molecular weight is 316 g/mol. The maximum absolute atomic E-state index is 5.80.